The Morgan fingerprint density at radius 3 is 2.56 bits per heavy atom. The molecule has 4 rings (SSSR count). The van der Waals surface area contributed by atoms with Crippen molar-refractivity contribution in [2.45, 2.75) is 0 Å². The third-order valence-corrected chi connectivity index (χ3v) is 4.68. The Kier molecular flexibility index (Phi) is 4.65. The summed E-state index contributed by atoms with van der Waals surface area (Å²) in [5.74, 6) is 0.585. The van der Waals surface area contributed by atoms with Crippen LogP contribution in [-0.4, -0.2) is 53.4 Å². The van der Waals surface area contributed by atoms with Gasteiger partial charge in [0.15, 0.2) is 0 Å². The molecule has 0 radical (unpaired) electrons. The maximum atomic E-state index is 12.6. The van der Waals surface area contributed by atoms with E-state index in [0.29, 0.717) is 24.3 Å². The number of nitrogens with one attached hydrogen (secondary N) is 1. The maximum Gasteiger partial charge on any atom is 0.257 e. The Labute approximate surface area is 156 Å². The topological polar surface area (TPSA) is 78.4 Å². The van der Waals surface area contributed by atoms with E-state index in [9.17, 15) is 9.59 Å². The standard InChI is InChI=1S/C20H19N5O2/c26-14-24-9-11-25(12-10-24)18-7-6-16(13-22-18)20(27)23-17-5-1-3-15-4-2-8-21-19(15)17/h1-8,13-14H,9-12H2,(H,23,27). The highest BCUT2D eigenvalue weighted by Gasteiger charge is 2.17. The molecule has 1 aliphatic heterocycles. The minimum atomic E-state index is -0.224. The lowest BCUT2D eigenvalue weighted by Gasteiger charge is -2.33. The number of hydrogen-bond donors (Lipinski definition) is 1. The Morgan fingerprint density at radius 2 is 1.81 bits per heavy atom. The third-order valence-electron chi connectivity index (χ3n) is 4.68. The summed E-state index contributed by atoms with van der Waals surface area (Å²) in [6.07, 6.45) is 4.16. The van der Waals surface area contributed by atoms with Crippen LogP contribution < -0.4 is 10.2 Å². The van der Waals surface area contributed by atoms with E-state index in [1.165, 1.54) is 0 Å². The first-order chi connectivity index (χ1) is 13.2. The molecule has 1 saturated heterocycles. The van der Waals surface area contributed by atoms with E-state index in [2.05, 4.69) is 20.2 Å². The van der Waals surface area contributed by atoms with Crippen LogP contribution in [0.3, 0.4) is 0 Å². The number of carbonyl (C=O) groups is 2. The Bertz CT molecular complexity index is 960. The third kappa shape index (κ3) is 3.57. The molecule has 0 saturated carbocycles. The average Bonchev–Trinajstić information content (AvgIpc) is 2.74. The molecule has 2 aromatic heterocycles. The molecule has 7 heteroatoms. The molecular weight excluding hydrogens is 342 g/mol. The second-order valence-electron chi connectivity index (χ2n) is 6.37. The number of para-hydroxylation sites is 1. The number of nitrogens with zero attached hydrogens (tertiary/aromatic N) is 4. The van der Waals surface area contributed by atoms with Crippen LogP contribution in [0.5, 0.6) is 0 Å². The lowest BCUT2D eigenvalue weighted by molar-refractivity contribution is -0.118. The summed E-state index contributed by atoms with van der Waals surface area (Å²) in [5.41, 5.74) is 1.91. The van der Waals surface area contributed by atoms with Crippen molar-refractivity contribution in [2.75, 3.05) is 36.4 Å². The van der Waals surface area contributed by atoms with Crippen molar-refractivity contribution < 1.29 is 9.59 Å². The summed E-state index contributed by atoms with van der Waals surface area (Å²) in [5, 5.41) is 3.88. The van der Waals surface area contributed by atoms with Gasteiger partial charge in [-0.1, -0.05) is 18.2 Å². The van der Waals surface area contributed by atoms with Crippen LogP contribution in [-0.2, 0) is 4.79 Å². The van der Waals surface area contributed by atoms with Gasteiger partial charge in [0, 0.05) is 44.0 Å². The van der Waals surface area contributed by atoms with E-state index in [-0.39, 0.29) is 5.91 Å². The first kappa shape index (κ1) is 17.0. The van der Waals surface area contributed by atoms with Crippen molar-refractivity contribution in [1.29, 1.82) is 0 Å². The van der Waals surface area contributed by atoms with E-state index in [1.54, 1.807) is 23.4 Å². The summed E-state index contributed by atoms with van der Waals surface area (Å²) in [6, 6.07) is 13.1. The smallest absolute Gasteiger partial charge is 0.257 e. The van der Waals surface area contributed by atoms with Crippen molar-refractivity contribution in [1.82, 2.24) is 14.9 Å². The molecule has 0 unspecified atom stereocenters. The van der Waals surface area contributed by atoms with Gasteiger partial charge in [0.1, 0.15) is 5.82 Å². The van der Waals surface area contributed by atoms with Crippen LogP contribution in [0.25, 0.3) is 10.9 Å². The zero-order valence-corrected chi connectivity index (χ0v) is 14.7. The molecule has 136 valence electrons. The maximum absolute atomic E-state index is 12.6. The molecule has 3 aromatic rings. The number of carbonyl (C=O) groups excluding carboxylic acids is 2. The second-order valence-corrected chi connectivity index (χ2v) is 6.37. The van der Waals surface area contributed by atoms with Crippen LogP contribution in [0.2, 0.25) is 0 Å². The van der Waals surface area contributed by atoms with Gasteiger partial charge in [0.05, 0.1) is 16.8 Å². The number of fused-ring (bicyclic) bond motifs is 1. The number of hydrogen-bond acceptors (Lipinski definition) is 5. The second kappa shape index (κ2) is 7.41. The van der Waals surface area contributed by atoms with E-state index < -0.39 is 0 Å². The Hall–Kier alpha value is -3.48. The van der Waals surface area contributed by atoms with Crippen LogP contribution in [0.15, 0.2) is 54.9 Å². The van der Waals surface area contributed by atoms with E-state index in [4.69, 9.17) is 0 Å². The molecule has 0 bridgehead atoms. The SMILES string of the molecule is O=CN1CCN(c2ccc(C(=O)Nc3cccc4cccnc34)cn2)CC1. The predicted octanol–water partition coefficient (Wildman–Crippen LogP) is 2.16. The summed E-state index contributed by atoms with van der Waals surface area (Å²) in [7, 11) is 0. The van der Waals surface area contributed by atoms with Gasteiger partial charge in [-0.15, -0.1) is 0 Å². The molecule has 0 spiro atoms. The lowest BCUT2D eigenvalue weighted by atomic mass is 10.2. The molecule has 7 nitrogen and oxygen atoms in total. The molecule has 0 atom stereocenters. The minimum absolute atomic E-state index is 0.224. The fourth-order valence-electron chi connectivity index (χ4n) is 3.16. The molecule has 1 aromatic carbocycles. The summed E-state index contributed by atoms with van der Waals surface area (Å²) in [6.45, 7) is 2.83. The number of rotatable bonds is 4. The fourth-order valence-corrected chi connectivity index (χ4v) is 3.16. The number of anilines is 2. The van der Waals surface area contributed by atoms with Gasteiger partial charge in [-0.25, -0.2) is 4.98 Å². The van der Waals surface area contributed by atoms with Crippen LogP contribution >= 0.6 is 0 Å². The van der Waals surface area contributed by atoms with Gasteiger partial charge in [0.2, 0.25) is 6.41 Å². The van der Waals surface area contributed by atoms with Crippen LogP contribution in [0.1, 0.15) is 10.4 Å². The van der Waals surface area contributed by atoms with Gasteiger partial charge >= 0.3 is 0 Å². The largest absolute Gasteiger partial charge is 0.353 e. The van der Waals surface area contributed by atoms with Crippen molar-refractivity contribution >= 4 is 34.7 Å². The number of piperazine rings is 1. The lowest BCUT2D eigenvalue weighted by Crippen LogP contribution is -2.46. The highest BCUT2D eigenvalue weighted by atomic mass is 16.1. The van der Waals surface area contributed by atoms with E-state index in [1.807, 2.05) is 36.4 Å². The number of amides is 2. The molecule has 1 fully saturated rings. The minimum Gasteiger partial charge on any atom is -0.353 e. The average molecular weight is 361 g/mol. The first-order valence-electron chi connectivity index (χ1n) is 8.80. The zero-order chi connectivity index (χ0) is 18.6. The van der Waals surface area contributed by atoms with Gasteiger partial charge in [-0.05, 0) is 24.3 Å². The summed E-state index contributed by atoms with van der Waals surface area (Å²) < 4.78 is 0. The molecular formula is C20H19N5O2. The molecule has 1 aliphatic rings. The van der Waals surface area contributed by atoms with Gasteiger partial charge < -0.3 is 15.1 Å². The number of pyridine rings is 2. The highest BCUT2D eigenvalue weighted by Crippen LogP contribution is 2.21. The molecule has 1 N–H and O–H groups in total. The molecule has 2 amide bonds. The number of benzene rings is 1. The Morgan fingerprint density at radius 1 is 1.00 bits per heavy atom. The monoisotopic (exact) mass is 361 g/mol. The molecule has 0 aliphatic carbocycles. The van der Waals surface area contributed by atoms with Crippen molar-refractivity contribution in [3.8, 4) is 0 Å². The van der Waals surface area contributed by atoms with Crippen molar-refractivity contribution in [3.63, 3.8) is 0 Å². The van der Waals surface area contributed by atoms with E-state index in [0.717, 1.165) is 36.2 Å². The first-order valence-corrected chi connectivity index (χ1v) is 8.80. The van der Waals surface area contributed by atoms with Crippen LogP contribution in [0, 0.1) is 0 Å². The molecule has 3 heterocycles. The highest BCUT2D eigenvalue weighted by molar-refractivity contribution is 6.08. The summed E-state index contributed by atoms with van der Waals surface area (Å²) >= 11 is 0. The number of aromatic nitrogens is 2. The van der Waals surface area contributed by atoms with Crippen molar-refractivity contribution in [2.24, 2.45) is 0 Å². The van der Waals surface area contributed by atoms with Crippen molar-refractivity contribution in [3.05, 3.63) is 60.4 Å². The quantitative estimate of drug-likeness (QED) is 0.721. The van der Waals surface area contributed by atoms with Gasteiger partial charge in [0.25, 0.3) is 5.91 Å². The zero-order valence-electron chi connectivity index (χ0n) is 14.7. The van der Waals surface area contributed by atoms with E-state index >= 15 is 0 Å². The van der Waals surface area contributed by atoms with Gasteiger partial charge in [-0.3, -0.25) is 14.6 Å². The fraction of sp³-hybridized carbons (Fsp3) is 0.200. The Balaban J connectivity index is 1.47. The molecule has 27 heavy (non-hydrogen) atoms. The van der Waals surface area contributed by atoms with Crippen LogP contribution in [0.4, 0.5) is 11.5 Å². The summed E-state index contributed by atoms with van der Waals surface area (Å²) in [4.78, 5) is 36.0. The predicted molar refractivity (Wildman–Crippen MR) is 104 cm³/mol. The normalized spacial score (nSPS) is 14.2. The van der Waals surface area contributed by atoms with Gasteiger partial charge in [-0.2, -0.15) is 0 Å².